The van der Waals surface area contributed by atoms with E-state index in [-0.39, 0.29) is 30.7 Å². The van der Waals surface area contributed by atoms with Crippen molar-refractivity contribution in [2.75, 3.05) is 38.7 Å². The molecule has 4 aromatic rings. The number of pyridine rings is 1. The number of hydrogen-bond acceptors (Lipinski definition) is 9. The van der Waals surface area contributed by atoms with Crippen LogP contribution >= 0.6 is 0 Å². The van der Waals surface area contributed by atoms with Crippen LogP contribution in [0.25, 0.3) is 22.2 Å². The van der Waals surface area contributed by atoms with Gasteiger partial charge < -0.3 is 30.7 Å². The maximum Gasteiger partial charge on any atom is 0.220 e. The molecule has 2 aliphatic heterocycles. The Hall–Kier alpha value is -4.52. The van der Waals surface area contributed by atoms with E-state index in [4.69, 9.17) is 14.5 Å². The number of ether oxygens (including phenoxy) is 2. The van der Waals surface area contributed by atoms with Crippen molar-refractivity contribution < 1.29 is 19.1 Å². The largest absolute Gasteiger partial charge is 0.496 e. The molecule has 2 aromatic carbocycles. The van der Waals surface area contributed by atoms with Crippen molar-refractivity contribution in [3.05, 3.63) is 71.0 Å². The zero-order chi connectivity index (χ0) is 37.3. The summed E-state index contributed by atoms with van der Waals surface area (Å²) >= 11 is 0. The highest BCUT2D eigenvalue weighted by molar-refractivity contribution is 5.92. The number of nitrogens with one attached hydrogen (secondary N) is 4. The average Bonchev–Trinajstić information content (AvgIpc) is 3.58. The number of hydrogen-bond donors (Lipinski definition) is 4. The monoisotopic (exact) mass is 724 g/mol. The fourth-order valence-corrected chi connectivity index (χ4v) is 7.65. The summed E-state index contributed by atoms with van der Waals surface area (Å²) in [6, 6.07) is 15.8. The standard InChI is InChI=1S/C41H56N8O4/c1-6-36-34(40(46-32-15-17-53-18-16-32)35-23-44-49(7-2)41(35)47-36)22-43-39(51)14-13-38(50)42-21-29-11-12-37(52-5)33(20-29)31-10-8-9-30(19-31)26-48-24-27(3)45-28(4)25-48/h8-12,19-20,23,27-28,32,45H,6-7,13-18,21-22,24-26H2,1-5H3,(H,42,50)(H,43,51)(H,46,47)/t27-,28+. The quantitative estimate of drug-likeness (QED) is 0.131. The Morgan fingerprint density at radius 3 is 2.40 bits per heavy atom. The Bertz CT molecular complexity index is 1860. The Labute approximate surface area is 313 Å². The van der Waals surface area contributed by atoms with Gasteiger partial charge in [-0.15, -0.1) is 0 Å². The van der Waals surface area contributed by atoms with E-state index in [1.54, 1.807) is 7.11 Å². The van der Waals surface area contributed by atoms with E-state index in [2.05, 4.69) is 89.3 Å². The van der Waals surface area contributed by atoms with E-state index in [1.807, 2.05) is 23.0 Å². The number of carbonyl (C=O) groups is 2. The summed E-state index contributed by atoms with van der Waals surface area (Å²) in [5, 5.41) is 19.0. The van der Waals surface area contributed by atoms with Gasteiger partial charge in [-0.1, -0.05) is 31.2 Å². The number of rotatable bonds is 15. The molecular weight excluding hydrogens is 669 g/mol. The molecule has 0 unspecified atom stereocenters. The second kappa shape index (κ2) is 18.0. The maximum absolute atomic E-state index is 13.1. The van der Waals surface area contributed by atoms with E-state index in [9.17, 15) is 9.59 Å². The Kier molecular flexibility index (Phi) is 13.0. The molecule has 6 rings (SSSR count). The van der Waals surface area contributed by atoms with Crippen LogP contribution in [0.2, 0.25) is 0 Å². The van der Waals surface area contributed by atoms with Crippen molar-refractivity contribution in [1.82, 2.24) is 35.6 Å². The number of nitrogens with zero attached hydrogens (tertiary/aromatic N) is 4. The molecule has 2 amide bonds. The number of aryl methyl sites for hydroxylation is 2. The fourth-order valence-electron chi connectivity index (χ4n) is 7.65. The van der Waals surface area contributed by atoms with Crippen molar-refractivity contribution in [2.24, 2.45) is 0 Å². The molecule has 12 heteroatoms. The molecule has 0 radical (unpaired) electrons. The van der Waals surface area contributed by atoms with Gasteiger partial charge in [-0.2, -0.15) is 5.10 Å². The third-order valence-electron chi connectivity index (χ3n) is 10.2. The van der Waals surface area contributed by atoms with Gasteiger partial charge in [0, 0.05) is 100 Å². The molecule has 4 N–H and O–H groups in total. The molecule has 4 heterocycles. The molecular formula is C41H56N8O4. The first-order chi connectivity index (χ1) is 25.7. The molecule has 0 saturated carbocycles. The third-order valence-corrected chi connectivity index (χ3v) is 10.2. The Morgan fingerprint density at radius 1 is 0.962 bits per heavy atom. The summed E-state index contributed by atoms with van der Waals surface area (Å²) in [7, 11) is 1.68. The lowest BCUT2D eigenvalue weighted by atomic mass is 9.99. The normalized spacial score (nSPS) is 18.2. The molecule has 2 aliphatic rings. The SMILES string of the molecule is CCc1nc2c(cnn2CC)c(NC2CCOCC2)c1CNC(=O)CCC(=O)NCc1ccc(OC)c(-c2cccc(CN3C[C@@H](C)N[C@@H](C)C3)c2)c1. The van der Waals surface area contributed by atoms with Gasteiger partial charge in [-0.05, 0) is 74.9 Å². The van der Waals surface area contributed by atoms with Gasteiger partial charge >= 0.3 is 0 Å². The minimum Gasteiger partial charge on any atom is -0.496 e. The van der Waals surface area contributed by atoms with E-state index in [1.165, 1.54) is 5.56 Å². The summed E-state index contributed by atoms with van der Waals surface area (Å²) in [4.78, 5) is 33.5. The number of aromatic nitrogens is 3. The highest BCUT2D eigenvalue weighted by Gasteiger charge is 2.23. The molecule has 0 bridgehead atoms. The van der Waals surface area contributed by atoms with Gasteiger partial charge in [0.1, 0.15) is 5.75 Å². The van der Waals surface area contributed by atoms with Crippen LogP contribution < -0.4 is 26.0 Å². The topological polar surface area (TPSA) is 135 Å². The number of fused-ring (bicyclic) bond motifs is 1. The second-order valence-electron chi connectivity index (χ2n) is 14.4. The van der Waals surface area contributed by atoms with E-state index < -0.39 is 0 Å². The number of methoxy groups -OCH3 is 1. The molecule has 2 fully saturated rings. The van der Waals surface area contributed by atoms with Crippen LogP contribution in [0.3, 0.4) is 0 Å². The van der Waals surface area contributed by atoms with Crippen molar-refractivity contribution in [3.63, 3.8) is 0 Å². The van der Waals surface area contributed by atoms with Gasteiger partial charge in [-0.25, -0.2) is 9.67 Å². The summed E-state index contributed by atoms with van der Waals surface area (Å²) in [6.07, 6.45) is 4.58. The summed E-state index contributed by atoms with van der Waals surface area (Å²) in [6.45, 7) is 14.4. The van der Waals surface area contributed by atoms with Gasteiger partial charge in [0.25, 0.3) is 0 Å². The first-order valence-corrected chi connectivity index (χ1v) is 19.2. The Morgan fingerprint density at radius 2 is 1.70 bits per heavy atom. The van der Waals surface area contributed by atoms with E-state index in [0.29, 0.717) is 31.6 Å². The predicted octanol–water partition coefficient (Wildman–Crippen LogP) is 5.18. The van der Waals surface area contributed by atoms with Crippen LogP contribution in [0.15, 0.2) is 48.7 Å². The number of piperazine rings is 1. The van der Waals surface area contributed by atoms with Crippen LogP contribution in [0.5, 0.6) is 5.75 Å². The van der Waals surface area contributed by atoms with Crippen molar-refractivity contribution in [1.29, 1.82) is 0 Å². The van der Waals surface area contributed by atoms with E-state index >= 15 is 0 Å². The maximum atomic E-state index is 13.1. The highest BCUT2D eigenvalue weighted by Crippen LogP contribution is 2.33. The molecule has 2 atom stereocenters. The lowest BCUT2D eigenvalue weighted by Crippen LogP contribution is -2.53. The van der Waals surface area contributed by atoms with Gasteiger partial charge in [0.15, 0.2) is 5.65 Å². The minimum atomic E-state index is -0.181. The molecule has 12 nitrogen and oxygen atoms in total. The van der Waals surface area contributed by atoms with Crippen LogP contribution in [0.1, 0.15) is 75.8 Å². The minimum absolute atomic E-state index is 0.0880. The van der Waals surface area contributed by atoms with Crippen molar-refractivity contribution in [2.45, 2.75) is 104 Å². The van der Waals surface area contributed by atoms with Gasteiger partial charge in [0.2, 0.25) is 11.8 Å². The van der Waals surface area contributed by atoms with Gasteiger partial charge in [-0.3, -0.25) is 14.5 Å². The molecule has 284 valence electrons. The zero-order valence-electron chi connectivity index (χ0n) is 32.0. The molecule has 0 aliphatic carbocycles. The average molecular weight is 725 g/mol. The lowest BCUT2D eigenvalue weighted by molar-refractivity contribution is -0.126. The van der Waals surface area contributed by atoms with Crippen LogP contribution in [0, 0.1) is 0 Å². The zero-order valence-corrected chi connectivity index (χ0v) is 32.0. The molecule has 0 spiro atoms. The van der Waals surface area contributed by atoms with Crippen molar-refractivity contribution >= 4 is 28.5 Å². The van der Waals surface area contributed by atoms with Crippen molar-refractivity contribution in [3.8, 4) is 16.9 Å². The molecule has 2 saturated heterocycles. The lowest BCUT2D eigenvalue weighted by Gasteiger charge is -2.36. The number of carbonyl (C=O) groups excluding carboxylic acids is 2. The third kappa shape index (κ3) is 9.73. The second-order valence-corrected chi connectivity index (χ2v) is 14.4. The van der Waals surface area contributed by atoms with Gasteiger partial charge in [0.05, 0.1) is 24.4 Å². The first kappa shape index (κ1) is 38.2. The number of benzene rings is 2. The smallest absolute Gasteiger partial charge is 0.220 e. The highest BCUT2D eigenvalue weighted by atomic mass is 16.5. The van der Waals surface area contributed by atoms with Crippen LogP contribution in [0.4, 0.5) is 5.69 Å². The van der Waals surface area contributed by atoms with Crippen LogP contribution in [-0.4, -0.2) is 83.0 Å². The predicted molar refractivity (Wildman–Crippen MR) is 209 cm³/mol. The molecule has 53 heavy (non-hydrogen) atoms. The Balaban J connectivity index is 1.05. The first-order valence-electron chi connectivity index (χ1n) is 19.2. The summed E-state index contributed by atoms with van der Waals surface area (Å²) in [5.74, 6) is 0.425. The van der Waals surface area contributed by atoms with E-state index in [0.717, 1.165) is 103 Å². The summed E-state index contributed by atoms with van der Waals surface area (Å²) in [5.41, 5.74) is 7.98. The molecule has 2 aromatic heterocycles. The number of amides is 2. The fraction of sp³-hybridized carbons (Fsp3) is 0.512. The summed E-state index contributed by atoms with van der Waals surface area (Å²) < 4.78 is 13.2. The number of anilines is 1. The van der Waals surface area contributed by atoms with Crippen LogP contribution in [-0.2, 0) is 46.9 Å².